The predicted molar refractivity (Wildman–Crippen MR) is 193 cm³/mol. The van der Waals surface area contributed by atoms with Crippen LogP contribution in [0.4, 0.5) is 0 Å². The summed E-state index contributed by atoms with van der Waals surface area (Å²) >= 11 is 0. The molecule has 0 heterocycles. The minimum absolute atomic E-state index is 0. The van der Waals surface area contributed by atoms with E-state index in [1.807, 2.05) is 32.1 Å². The van der Waals surface area contributed by atoms with Gasteiger partial charge in [0, 0.05) is 47.2 Å². The maximum Gasteiger partial charge on any atom is 2.00 e. The Morgan fingerprint density at radius 3 is 1.33 bits per heavy atom. The van der Waals surface area contributed by atoms with Gasteiger partial charge >= 0.3 is 17.1 Å². The van der Waals surface area contributed by atoms with E-state index in [1.54, 1.807) is 0 Å². The van der Waals surface area contributed by atoms with E-state index >= 15 is 0 Å². The molecule has 3 atom stereocenters. The van der Waals surface area contributed by atoms with Crippen LogP contribution in [-0.2, 0) is 21.6 Å². The molecule has 2 aliphatic carbocycles. The van der Waals surface area contributed by atoms with Crippen LogP contribution in [0.5, 0.6) is 0 Å². The van der Waals surface area contributed by atoms with Gasteiger partial charge in [0.2, 0.25) is 0 Å². The fourth-order valence-electron chi connectivity index (χ4n) is 4.87. The number of hydrogen-bond donors (Lipinski definition) is 0. The Kier molecular flexibility index (Phi) is 18.6. The van der Waals surface area contributed by atoms with Crippen molar-refractivity contribution in [3.8, 4) is 0 Å². The summed E-state index contributed by atoms with van der Waals surface area (Å²) in [6.07, 6.45) is 18.7. The summed E-state index contributed by atoms with van der Waals surface area (Å²) in [5, 5.41) is 3.79. The van der Waals surface area contributed by atoms with Gasteiger partial charge in [0.1, 0.15) is 6.10 Å². The molecular formula is C38H37B2FeNOP2+2. The van der Waals surface area contributed by atoms with Crippen molar-refractivity contribution in [3.05, 3.63) is 190 Å². The Morgan fingerprint density at radius 2 is 0.911 bits per heavy atom. The second kappa shape index (κ2) is 21.2. The molecule has 4 aromatic carbocycles. The van der Waals surface area contributed by atoms with E-state index in [0.29, 0.717) is 0 Å². The zero-order valence-electron chi connectivity index (χ0n) is 25.7. The van der Waals surface area contributed by atoms with Gasteiger partial charge in [-0.25, -0.2) is 0 Å². The summed E-state index contributed by atoms with van der Waals surface area (Å²) < 4.78 is 9.76. The van der Waals surface area contributed by atoms with E-state index < -0.39 is 16.2 Å². The molecule has 2 nitrogen and oxygen atoms in total. The molecule has 0 spiro atoms. The molecule has 0 aliphatic heterocycles. The summed E-state index contributed by atoms with van der Waals surface area (Å²) in [6.45, 7) is 2.31. The van der Waals surface area contributed by atoms with Crippen molar-refractivity contribution in [1.29, 1.82) is 0 Å². The van der Waals surface area contributed by atoms with Gasteiger partial charge < -0.3 is 4.52 Å². The molecule has 0 N–H and O–H groups in total. The van der Waals surface area contributed by atoms with E-state index in [0.717, 1.165) is 0 Å². The minimum atomic E-state index is -1.01. The van der Waals surface area contributed by atoms with Crippen molar-refractivity contribution in [2.45, 2.75) is 19.1 Å². The Morgan fingerprint density at radius 1 is 0.533 bits per heavy atom. The molecule has 0 aromatic heterocycles. The number of nitrogens with zero attached hydrogens (tertiary/aromatic N) is 1. The molecule has 7 heteroatoms. The standard InChI is InChI=1S/C33H32NOP2.C5H5.2B.Fe/c1-27(34(2)36(30-21-15-16-22-30)29-19-9-4-10-20-29)33(28-17-7-3-8-18-28)35-37(31-23-11-5-12-24-31)32-25-13-6-14-26-32;1-2-4-5-3-1;;;/h3-27,33H,1-2H3;1-5H;;;/q;;;;+2/t27-,33-,36+;;;;/m1..../s1. The van der Waals surface area contributed by atoms with Gasteiger partial charge in [-0.3, -0.25) is 4.67 Å². The molecule has 0 amide bonds. The summed E-state index contributed by atoms with van der Waals surface area (Å²) in [4.78, 5) is 0. The molecule has 45 heavy (non-hydrogen) atoms. The number of hydrogen-bond acceptors (Lipinski definition) is 2. The van der Waals surface area contributed by atoms with Crippen LogP contribution < -0.4 is 15.9 Å². The number of rotatable bonds is 10. The molecule has 0 unspecified atom stereocenters. The maximum absolute atomic E-state index is 7.23. The fourth-order valence-corrected chi connectivity index (χ4v) is 9.24. The largest absolute Gasteiger partial charge is 2.00 e. The van der Waals surface area contributed by atoms with Crippen LogP contribution in [0.25, 0.3) is 0 Å². The Bertz CT molecular complexity index is 1250. The SMILES string of the molecule is C[C@H]([C@@H](OP(c1ccccc1)c1ccccc1)c1ccccc1)N(C)[P@]([C]1[CH][CH][CH][CH]1)c1ccccc1.[B].[B].[CH]1[CH][CH][CH][CH]1.[Fe+2]. The molecule has 2 saturated carbocycles. The summed E-state index contributed by atoms with van der Waals surface area (Å²) in [7, 11) is 0.534. The first-order chi connectivity index (χ1) is 20.7. The first-order valence-electron chi connectivity index (χ1n) is 14.3. The summed E-state index contributed by atoms with van der Waals surface area (Å²) in [6, 6.07) is 43.0. The molecule has 0 bridgehead atoms. The first-order valence-corrected chi connectivity index (χ1v) is 16.9. The monoisotopic (exact) mass is 663 g/mol. The zero-order valence-corrected chi connectivity index (χ0v) is 28.5. The van der Waals surface area contributed by atoms with Gasteiger partial charge in [0.05, 0.1) is 8.15 Å². The topological polar surface area (TPSA) is 12.5 Å². The third kappa shape index (κ3) is 11.2. The summed E-state index contributed by atoms with van der Waals surface area (Å²) in [5.74, 6) is 0. The second-order valence-electron chi connectivity index (χ2n) is 9.97. The molecule has 4 aromatic rings. The van der Waals surface area contributed by atoms with Crippen molar-refractivity contribution in [3.63, 3.8) is 0 Å². The second-order valence-corrected chi connectivity index (χ2v) is 14.1. The number of likely N-dealkylation sites (N-methyl/N-ethyl adjacent to an activating group) is 1. The molecule has 222 valence electrons. The van der Waals surface area contributed by atoms with Gasteiger partial charge in [0.25, 0.3) is 0 Å². The van der Waals surface area contributed by atoms with Gasteiger partial charge in [-0.15, -0.1) is 0 Å². The molecule has 6 rings (SSSR count). The van der Waals surface area contributed by atoms with E-state index in [2.05, 4.69) is 166 Å². The van der Waals surface area contributed by atoms with Crippen LogP contribution in [-0.4, -0.2) is 34.6 Å². The molecule has 2 fully saturated rings. The van der Waals surface area contributed by atoms with Crippen LogP contribution >= 0.6 is 16.2 Å². The smallest absolute Gasteiger partial charge is 0.340 e. The van der Waals surface area contributed by atoms with Crippen molar-refractivity contribution < 1.29 is 21.6 Å². The Balaban J connectivity index is 0.000000805. The van der Waals surface area contributed by atoms with Gasteiger partial charge in [-0.1, -0.05) is 121 Å². The maximum atomic E-state index is 7.23. The Labute approximate surface area is 290 Å². The van der Waals surface area contributed by atoms with Crippen LogP contribution in [0.1, 0.15) is 18.6 Å². The van der Waals surface area contributed by atoms with E-state index in [1.165, 1.54) is 27.1 Å². The third-order valence-electron chi connectivity index (χ3n) is 7.12. The van der Waals surface area contributed by atoms with Crippen molar-refractivity contribution >= 4 is 49.0 Å². The van der Waals surface area contributed by atoms with E-state index in [-0.39, 0.29) is 46.0 Å². The van der Waals surface area contributed by atoms with E-state index in [4.69, 9.17) is 4.52 Å². The Hall–Kier alpha value is -1.69. The van der Waals surface area contributed by atoms with Crippen LogP contribution in [0, 0.1) is 63.4 Å². The quantitative estimate of drug-likeness (QED) is 0.129. The number of benzene rings is 4. The average molecular weight is 663 g/mol. The average Bonchev–Trinajstić information content (AvgIpc) is 3.82. The van der Waals surface area contributed by atoms with Crippen LogP contribution in [0.15, 0.2) is 121 Å². The van der Waals surface area contributed by atoms with Gasteiger partial charge in [0.15, 0.2) is 0 Å². The zero-order chi connectivity index (χ0) is 29.0. The van der Waals surface area contributed by atoms with Crippen molar-refractivity contribution in [1.82, 2.24) is 4.67 Å². The normalized spacial score (nSPS) is 16.4. The first kappa shape index (κ1) is 39.5. The fraction of sp³-hybridized carbons (Fsp3) is 0.105. The minimum Gasteiger partial charge on any atom is -0.340 e. The van der Waals surface area contributed by atoms with E-state index in [9.17, 15) is 0 Å². The van der Waals surface area contributed by atoms with Gasteiger partial charge in [-0.05, 0) is 82.6 Å². The molecule has 16 radical (unpaired) electrons. The molecule has 2 aliphatic rings. The third-order valence-corrected chi connectivity index (χ3v) is 11.7. The van der Waals surface area contributed by atoms with Gasteiger partial charge in [-0.2, -0.15) is 0 Å². The van der Waals surface area contributed by atoms with Crippen LogP contribution in [0.2, 0.25) is 0 Å². The van der Waals surface area contributed by atoms with Crippen molar-refractivity contribution in [2.24, 2.45) is 0 Å². The van der Waals surface area contributed by atoms with Crippen LogP contribution in [0.3, 0.4) is 0 Å². The summed E-state index contributed by atoms with van der Waals surface area (Å²) in [5.41, 5.74) is 2.56. The predicted octanol–water partition coefficient (Wildman–Crippen LogP) is 7.46. The van der Waals surface area contributed by atoms with Crippen molar-refractivity contribution in [2.75, 3.05) is 7.05 Å². The molecule has 0 saturated heterocycles. The molecular weight excluding hydrogens is 626 g/mol.